The first-order chi connectivity index (χ1) is 19.4. The number of phenolic OH excluding ortho intramolecular Hbond substituents is 1. The molecule has 6 atom stereocenters. The van der Waals surface area contributed by atoms with E-state index in [9.17, 15) is 39.6 Å². The Kier molecular flexibility index (Phi) is 10.4. The number of carboxylic acids is 1. The van der Waals surface area contributed by atoms with E-state index in [4.69, 9.17) is 5.73 Å². The van der Waals surface area contributed by atoms with E-state index >= 15 is 0 Å². The molecular weight excluding hydrogens is 534 g/mol. The Morgan fingerprint density at radius 1 is 0.829 bits per heavy atom. The van der Waals surface area contributed by atoms with E-state index in [-0.39, 0.29) is 18.6 Å². The van der Waals surface area contributed by atoms with Gasteiger partial charge in [-0.1, -0.05) is 30.3 Å². The van der Waals surface area contributed by atoms with Crippen molar-refractivity contribution in [1.82, 2.24) is 20.9 Å². The van der Waals surface area contributed by atoms with Gasteiger partial charge >= 0.3 is 5.97 Å². The van der Waals surface area contributed by atoms with Gasteiger partial charge in [-0.2, -0.15) is 0 Å². The van der Waals surface area contributed by atoms with Gasteiger partial charge < -0.3 is 47.1 Å². The molecule has 0 aliphatic heterocycles. The SMILES string of the molecule is CC(O)C(NC(=O)C(NC(=O)C(Cc1ccc(O)cc1)NC(=O)C(N)Cc1c[nH]c2ccccc12)C(C)O)C(=O)O. The summed E-state index contributed by atoms with van der Waals surface area (Å²) in [5.41, 5.74) is 8.44. The number of benzene rings is 2. The van der Waals surface area contributed by atoms with Gasteiger partial charge in [-0.3, -0.25) is 14.4 Å². The summed E-state index contributed by atoms with van der Waals surface area (Å²) in [6.45, 7) is 2.38. The fourth-order valence-electron chi connectivity index (χ4n) is 4.28. The van der Waals surface area contributed by atoms with Gasteiger partial charge in [0.25, 0.3) is 0 Å². The summed E-state index contributed by atoms with van der Waals surface area (Å²) in [5, 5.41) is 46.7. The number of nitrogens with one attached hydrogen (secondary N) is 4. The van der Waals surface area contributed by atoms with Gasteiger partial charge in [0.2, 0.25) is 17.7 Å². The first-order valence-electron chi connectivity index (χ1n) is 13.0. The summed E-state index contributed by atoms with van der Waals surface area (Å²) >= 11 is 0. The van der Waals surface area contributed by atoms with Crippen LogP contribution >= 0.6 is 0 Å². The number of aromatic hydroxyl groups is 1. The molecule has 0 bridgehead atoms. The van der Waals surface area contributed by atoms with Crippen molar-refractivity contribution in [3.05, 3.63) is 65.9 Å². The molecule has 0 saturated carbocycles. The zero-order valence-corrected chi connectivity index (χ0v) is 22.6. The number of hydrogen-bond donors (Lipinski definition) is 9. The number of rotatable bonds is 13. The molecular formula is C28H35N5O8. The van der Waals surface area contributed by atoms with Crippen molar-refractivity contribution < 1.29 is 39.6 Å². The second-order valence-electron chi connectivity index (χ2n) is 9.89. The molecule has 1 aromatic heterocycles. The summed E-state index contributed by atoms with van der Waals surface area (Å²) in [6, 6.07) is 7.82. The molecule has 2 aromatic carbocycles. The van der Waals surface area contributed by atoms with E-state index in [2.05, 4.69) is 20.9 Å². The molecule has 10 N–H and O–H groups in total. The zero-order valence-electron chi connectivity index (χ0n) is 22.6. The quantitative estimate of drug-likeness (QED) is 0.126. The number of aliphatic hydroxyl groups excluding tert-OH is 2. The number of hydrogen-bond acceptors (Lipinski definition) is 8. The molecule has 0 radical (unpaired) electrons. The summed E-state index contributed by atoms with van der Waals surface area (Å²) in [7, 11) is 0. The largest absolute Gasteiger partial charge is 0.508 e. The molecule has 6 unspecified atom stereocenters. The number of nitrogens with two attached hydrogens (primary N) is 1. The van der Waals surface area contributed by atoms with Crippen LogP contribution in [0.5, 0.6) is 5.75 Å². The number of fused-ring (bicyclic) bond motifs is 1. The molecule has 3 amide bonds. The lowest BCUT2D eigenvalue weighted by atomic mass is 10.0. The number of H-pyrrole nitrogens is 1. The molecule has 0 spiro atoms. The Labute approximate surface area is 235 Å². The van der Waals surface area contributed by atoms with Crippen molar-refractivity contribution in [3.63, 3.8) is 0 Å². The molecule has 13 heteroatoms. The van der Waals surface area contributed by atoms with Crippen molar-refractivity contribution in [2.75, 3.05) is 0 Å². The minimum atomic E-state index is -1.68. The van der Waals surface area contributed by atoms with Crippen LogP contribution in [0.3, 0.4) is 0 Å². The number of aliphatic carboxylic acids is 1. The Morgan fingerprint density at radius 2 is 1.44 bits per heavy atom. The van der Waals surface area contributed by atoms with Crippen molar-refractivity contribution >= 4 is 34.6 Å². The lowest BCUT2D eigenvalue weighted by Crippen LogP contribution is -2.61. The first-order valence-corrected chi connectivity index (χ1v) is 13.0. The minimum absolute atomic E-state index is 0.00326. The Morgan fingerprint density at radius 3 is 2.05 bits per heavy atom. The molecule has 13 nitrogen and oxygen atoms in total. The Hall–Kier alpha value is -4.46. The highest BCUT2D eigenvalue weighted by molar-refractivity contribution is 5.95. The summed E-state index contributed by atoms with van der Waals surface area (Å²) in [5.74, 6) is -4.06. The van der Waals surface area contributed by atoms with E-state index in [1.807, 2.05) is 24.3 Å². The summed E-state index contributed by atoms with van der Waals surface area (Å²) < 4.78 is 0. The third-order valence-electron chi connectivity index (χ3n) is 6.57. The predicted octanol–water partition coefficient (Wildman–Crippen LogP) is -0.713. The van der Waals surface area contributed by atoms with E-state index in [1.165, 1.54) is 19.1 Å². The number of aliphatic hydroxyl groups is 2. The van der Waals surface area contributed by atoms with Crippen molar-refractivity contribution in [2.24, 2.45) is 5.73 Å². The molecule has 41 heavy (non-hydrogen) atoms. The second kappa shape index (κ2) is 13.7. The number of aromatic amines is 1. The normalized spacial score (nSPS) is 15.6. The zero-order chi connectivity index (χ0) is 30.3. The van der Waals surface area contributed by atoms with Crippen molar-refractivity contribution in [1.29, 1.82) is 0 Å². The van der Waals surface area contributed by atoms with Crippen LogP contribution < -0.4 is 21.7 Å². The van der Waals surface area contributed by atoms with Crippen molar-refractivity contribution in [3.8, 4) is 5.75 Å². The standard InChI is InChI=1S/C28H35N5O8/c1-14(34)23(27(39)33-24(15(2)35)28(40)41)32-26(38)22(11-16-7-9-18(36)10-8-16)31-25(37)20(29)12-17-13-30-21-6-4-3-5-19(17)21/h3-10,13-15,20,22-24,30,34-36H,11-12,29H2,1-2H3,(H,31,37)(H,32,38)(H,33,39)(H,40,41). The highest BCUT2D eigenvalue weighted by Gasteiger charge is 2.34. The third kappa shape index (κ3) is 8.27. The van der Waals surface area contributed by atoms with Gasteiger partial charge in [-0.15, -0.1) is 0 Å². The van der Waals surface area contributed by atoms with Gasteiger partial charge in [0.15, 0.2) is 6.04 Å². The van der Waals surface area contributed by atoms with E-state index in [0.29, 0.717) is 5.56 Å². The number of carbonyl (C=O) groups is 4. The molecule has 0 fully saturated rings. The lowest BCUT2D eigenvalue weighted by Gasteiger charge is -2.27. The first kappa shape index (κ1) is 31.1. The van der Waals surface area contributed by atoms with Crippen LogP contribution in [-0.2, 0) is 32.0 Å². The minimum Gasteiger partial charge on any atom is -0.508 e. The van der Waals surface area contributed by atoms with E-state index in [1.54, 1.807) is 18.3 Å². The summed E-state index contributed by atoms with van der Waals surface area (Å²) in [4.78, 5) is 53.8. The maximum Gasteiger partial charge on any atom is 0.328 e. The molecule has 0 saturated heterocycles. The Bertz CT molecular complexity index is 1370. The molecule has 1 heterocycles. The Balaban J connectivity index is 1.78. The van der Waals surface area contributed by atoms with Gasteiger partial charge in [-0.05, 0) is 49.6 Å². The fourth-order valence-corrected chi connectivity index (χ4v) is 4.28. The smallest absolute Gasteiger partial charge is 0.328 e. The maximum atomic E-state index is 13.4. The average molecular weight is 570 g/mol. The number of aromatic nitrogens is 1. The van der Waals surface area contributed by atoms with E-state index in [0.717, 1.165) is 23.4 Å². The van der Waals surface area contributed by atoms with Crippen LogP contribution in [0.15, 0.2) is 54.7 Å². The number of phenols is 1. The number of carboxylic acid groups (broad SMARTS) is 1. The third-order valence-corrected chi connectivity index (χ3v) is 6.57. The van der Waals surface area contributed by atoms with Crippen LogP contribution in [0.25, 0.3) is 10.9 Å². The second-order valence-corrected chi connectivity index (χ2v) is 9.89. The molecule has 0 aliphatic rings. The number of carbonyl (C=O) groups excluding carboxylic acids is 3. The van der Waals surface area contributed by atoms with Crippen LogP contribution in [0.2, 0.25) is 0 Å². The highest BCUT2D eigenvalue weighted by Crippen LogP contribution is 2.19. The molecule has 3 rings (SSSR count). The van der Waals surface area contributed by atoms with Crippen LogP contribution in [0, 0.1) is 0 Å². The predicted molar refractivity (Wildman–Crippen MR) is 149 cm³/mol. The maximum absolute atomic E-state index is 13.4. The van der Waals surface area contributed by atoms with E-state index < -0.39 is 60.1 Å². The average Bonchev–Trinajstić information content (AvgIpc) is 3.32. The van der Waals surface area contributed by atoms with Gasteiger partial charge in [-0.25, -0.2) is 4.79 Å². The summed E-state index contributed by atoms with van der Waals surface area (Å²) in [6.07, 6.45) is -1.06. The van der Waals surface area contributed by atoms with Gasteiger partial charge in [0.1, 0.15) is 17.8 Å². The number of para-hydroxylation sites is 1. The molecule has 0 aliphatic carbocycles. The monoisotopic (exact) mass is 569 g/mol. The van der Waals surface area contributed by atoms with Crippen molar-refractivity contribution in [2.45, 2.75) is 63.1 Å². The number of amides is 3. The lowest BCUT2D eigenvalue weighted by molar-refractivity contribution is -0.146. The molecule has 220 valence electrons. The van der Waals surface area contributed by atoms with Crippen LogP contribution in [-0.4, -0.2) is 85.5 Å². The molecule has 3 aromatic rings. The highest BCUT2D eigenvalue weighted by atomic mass is 16.4. The van der Waals surface area contributed by atoms with Crippen LogP contribution in [0.4, 0.5) is 0 Å². The topological polar surface area (TPSA) is 227 Å². The van der Waals surface area contributed by atoms with Crippen LogP contribution in [0.1, 0.15) is 25.0 Å². The van der Waals surface area contributed by atoms with Gasteiger partial charge in [0.05, 0.1) is 18.2 Å². The van der Waals surface area contributed by atoms with Gasteiger partial charge in [0, 0.05) is 23.5 Å². The fraction of sp³-hybridized carbons (Fsp3) is 0.357.